The highest BCUT2D eigenvalue weighted by molar-refractivity contribution is 7.89. The summed E-state index contributed by atoms with van der Waals surface area (Å²) in [6.45, 7) is 5.41. The third-order valence-electron chi connectivity index (χ3n) is 2.18. The predicted molar refractivity (Wildman–Crippen MR) is 62.5 cm³/mol. The Labute approximate surface area is 101 Å². The van der Waals surface area contributed by atoms with Crippen molar-refractivity contribution in [1.29, 1.82) is 0 Å². The Hall–Kier alpha value is -0.950. The third kappa shape index (κ3) is 4.82. The number of sulfonamides is 1. The summed E-state index contributed by atoms with van der Waals surface area (Å²) in [5.74, 6) is -0.988. The molecule has 1 unspecified atom stereocenters. The van der Waals surface area contributed by atoms with E-state index in [-0.39, 0.29) is 29.9 Å². The molecule has 1 aliphatic heterocycles. The lowest BCUT2D eigenvalue weighted by Crippen LogP contribution is -2.53. The number of carbonyl (C=O) groups is 2. The Kier molecular flexibility index (Phi) is 3.93. The van der Waals surface area contributed by atoms with Gasteiger partial charge in [0.05, 0.1) is 5.75 Å². The molecular formula is C10H18N2O4S. The predicted octanol–water partition coefficient (Wildman–Crippen LogP) is -0.243. The first-order valence-corrected chi connectivity index (χ1v) is 7.08. The molecule has 6 nitrogen and oxygen atoms in total. The summed E-state index contributed by atoms with van der Waals surface area (Å²) in [6.07, 6.45) is 0.377. The second-order valence-corrected chi connectivity index (χ2v) is 7.20. The van der Waals surface area contributed by atoms with Gasteiger partial charge >= 0.3 is 0 Å². The summed E-state index contributed by atoms with van der Waals surface area (Å²) in [5.41, 5.74) is -0.382. The number of amides is 2. The molecule has 0 radical (unpaired) electrons. The van der Waals surface area contributed by atoms with Crippen molar-refractivity contribution in [3.05, 3.63) is 0 Å². The molecule has 1 heterocycles. The van der Waals surface area contributed by atoms with E-state index in [0.717, 1.165) is 0 Å². The van der Waals surface area contributed by atoms with E-state index in [9.17, 15) is 18.0 Å². The van der Waals surface area contributed by atoms with Gasteiger partial charge in [-0.3, -0.25) is 14.9 Å². The Morgan fingerprint density at radius 3 is 2.41 bits per heavy atom. The molecule has 1 saturated heterocycles. The zero-order chi connectivity index (χ0) is 13.3. The van der Waals surface area contributed by atoms with Gasteiger partial charge in [0.15, 0.2) is 0 Å². The first kappa shape index (κ1) is 14.1. The van der Waals surface area contributed by atoms with Crippen LogP contribution in [0.25, 0.3) is 0 Å². The number of piperidine rings is 1. The number of hydrogen-bond donors (Lipinski definition) is 2. The summed E-state index contributed by atoms with van der Waals surface area (Å²) in [5, 5.41) is 2.11. The quantitative estimate of drug-likeness (QED) is 0.686. The lowest BCUT2D eigenvalue weighted by molar-refractivity contribution is -0.134. The van der Waals surface area contributed by atoms with Crippen LogP contribution in [0.15, 0.2) is 0 Å². The number of rotatable bonds is 3. The van der Waals surface area contributed by atoms with Gasteiger partial charge in [-0.05, 0) is 11.8 Å². The second-order valence-electron chi connectivity index (χ2n) is 5.44. The highest BCUT2D eigenvalue weighted by atomic mass is 32.2. The first-order chi connectivity index (χ1) is 7.59. The van der Waals surface area contributed by atoms with Crippen molar-refractivity contribution in [3.8, 4) is 0 Å². The topological polar surface area (TPSA) is 92.3 Å². The minimum Gasteiger partial charge on any atom is -0.295 e. The summed E-state index contributed by atoms with van der Waals surface area (Å²) in [6, 6.07) is -0.833. The summed E-state index contributed by atoms with van der Waals surface area (Å²) < 4.78 is 25.9. The Balaban J connectivity index is 2.65. The molecule has 2 N–H and O–H groups in total. The smallest absolute Gasteiger partial charge is 0.244 e. The van der Waals surface area contributed by atoms with Crippen LogP contribution >= 0.6 is 0 Å². The van der Waals surface area contributed by atoms with E-state index in [1.165, 1.54) is 0 Å². The van der Waals surface area contributed by atoms with Crippen LogP contribution in [0.1, 0.15) is 33.6 Å². The maximum Gasteiger partial charge on any atom is 0.244 e. The minimum atomic E-state index is -3.51. The van der Waals surface area contributed by atoms with Gasteiger partial charge in [0.25, 0.3) is 0 Å². The molecule has 0 spiro atoms. The van der Waals surface area contributed by atoms with Crippen LogP contribution < -0.4 is 10.0 Å². The molecule has 0 aromatic rings. The fraction of sp³-hybridized carbons (Fsp3) is 0.800. The van der Waals surface area contributed by atoms with E-state index in [1.807, 2.05) is 0 Å². The molecular weight excluding hydrogens is 244 g/mol. The molecule has 17 heavy (non-hydrogen) atoms. The molecule has 1 atom stereocenters. The molecule has 98 valence electrons. The van der Waals surface area contributed by atoms with Crippen molar-refractivity contribution in [3.63, 3.8) is 0 Å². The van der Waals surface area contributed by atoms with Crippen molar-refractivity contribution in [2.24, 2.45) is 5.41 Å². The summed E-state index contributed by atoms with van der Waals surface area (Å²) in [7, 11) is -3.51. The van der Waals surface area contributed by atoms with Crippen LogP contribution in [-0.2, 0) is 19.6 Å². The monoisotopic (exact) mass is 262 g/mol. The average Bonchev–Trinajstić information content (AvgIpc) is 2.05. The van der Waals surface area contributed by atoms with Gasteiger partial charge in [0.2, 0.25) is 21.8 Å². The van der Waals surface area contributed by atoms with Crippen LogP contribution in [0.4, 0.5) is 0 Å². The molecule has 1 rings (SSSR count). The Morgan fingerprint density at radius 1 is 1.35 bits per heavy atom. The fourth-order valence-electron chi connectivity index (χ4n) is 1.63. The van der Waals surface area contributed by atoms with Crippen molar-refractivity contribution < 1.29 is 18.0 Å². The molecule has 0 aromatic heterocycles. The van der Waals surface area contributed by atoms with Gasteiger partial charge in [-0.15, -0.1) is 0 Å². The normalized spacial score (nSPS) is 22.4. The zero-order valence-corrected chi connectivity index (χ0v) is 11.1. The Bertz CT molecular complexity index is 422. The Morgan fingerprint density at radius 2 is 1.94 bits per heavy atom. The van der Waals surface area contributed by atoms with Gasteiger partial charge in [-0.1, -0.05) is 20.8 Å². The maximum atomic E-state index is 11.8. The standard InChI is InChI=1S/C10H18N2O4S/c1-10(2,3)6-17(15,16)12-7-4-5-8(13)11-9(7)14/h7,12H,4-6H2,1-3H3,(H,11,13,14). The maximum absolute atomic E-state index is 11.8. The van der Waals surface area contributed by atoms with Crippen LogP contribution in [0, 0.1) is 5.41 Å². The molecule has 1 aliphatic rings. The van der Waals surface area contributed by atoms with E-state index < -0.39 is 22.0 Å². The van der Waals surface area contributed by atoms with Crippen LogP contribution in [0.3, 0.4) is 0 Å². The number of carbonyl (C=O) groups excluding carboxylic acids is 2. The largest absolute Gasteiger partial charge is 0.295 e. The molecule has 7 heteroatoms. The highest BCUT2D eigenvalue weighted by Gasteiger charge is 2.31. The van der Waals surface area contributed by atoms with Crippen molar-refractivity contribution in [2.45, 2.75) is 39.7 Å². The molecule has 1 fully saturated rings. The van der Waals surface area contributed by atoms with Gasteiger partial charge in [-0.2, -0.15) is 0 Å². The first-order valence-electron chi connectivity index (χ1n) is 5.43. The third-order valence-corrected chi connectivity index (χ3v) is 4.07. The van der Waals surface area contributed by atoms with E-state index in [2.05, 4.69) is 10.0 Å². The fourth-order valence-corrected chi connectivity index (χ4v) is 3.52. The number of nitrogens with one attached hydrogen (secondary N) is 2. The molecule has 0 aromatic carbocycles. The van der Waals surface area contributed by atoms with Crippen molar-refractivity contribution in [2.75, 3.05) is 5.75 Å². The van der Waals surface area contributed by atoms with Crippen LogP contribution in [-0.4, -0.2) is 32.0 Å². The van der Waals surface area contributed by atoms with E-state index in [4.69, 9.17) is 0 Å². The van der Waals surface area contributed by atoms with Gasteiger partial charge in [0.1, 0.15) is 6.04 Å². The van der Waals surface area contributed by atoms with E-state index in [0.29, 0.717) is 0 Å². The van der Waals surface area contributed by atoms with Gasteiger partial charge in [-0.25, -0.2) is 13.1 Å². The molecule has 2 amide bonds. The average molecular weight is 262 g/mol. The van der Waals surface area contributed by atoms with Gasteiger partial charge in [0, 0.05) is 6.42 Å². The second kappa shape index (κ2) is 4.73. The molecule has 0 bridgehead atoms. The molecule has 0 saturated carbocycles. The number of imide groups is 1. The summed E-state index contributed by atoms with van der Waals surface area (Å²) in [4.78, 5) is 22.3. The van der Waals surface area contributed by atoms with Crippen molar-refractivity contribution >= 4 is 21.8 Å². The van der Waals surface area contributed by atoms with E-state index in [1.54, 1.807) is 20.8 Å². The minimum absolute atomic E-state index is 0.0578. The van der Waals surface area contributed by atoms with Crippen LogP contribution in [0.2, 0.25) is 0 Å². The lowest BCUT2D eigenvalue weighted by atomic mass is 10.0. The van der Waals surface area contributed by atoms with Crippen molar-refractivity contribution in [1.82, 2.24) is 10.0 Å². The molecule has 0 aliphatic carbocycles. The summed E-state index contributed by atoms with van der Waals surface area (Å²) >= 11 is 0. The SMILES string of the molecule is CC(C)(C)CS(=O)(=O)NC1CCC(=O)NC1=O. The van der Waals surface area contributed by atoms with Gasteiger partial charge < -0.3 is 0 Å². The van der Waals surface area contributed by atoms with E-state index >= 15 is 0 Å². The lowest BCUT2D eigenvalue weighted by Gasteiger charge is -2.24. The highest BCUT2D eigenvalue weighted by Crippen LogP contribution is 2.16. The number of hydrogen-bond acceptors (Lipinski definition) is 4. The van der Waals surface area contributed by atoms with Crippen LogP contribution in [0.5, 0.6) is 0 Å². The zero-order valence-electron chi connectivity index (χ0n) is 10.2.